The van der Waals surface area contributed by atoms with Crippen LogP contribution in [-0.2, 0) is 6.18 Å². The highest BCUT2D eigenvalue weighted by Gasteiger charge is 2.33. The average molecular weight is 412 g/mol. The highest BCUT2D eigenvalue weighted by atomic mass is 32.2. The van der Waals surface area contributed by atoms with Gasteiger partial charge < -0.3 is 19.7 Å². The molecule has 0 aromatic heterocycles. The zero-order valence-corrected chi connectivity index (χ0v) is 16.1. The Labute approximate surface area is 164 Å². The van der Waals surface area contributed by atoms with Gasteiger partial charge in [0.1, 0.15) is 16.9 Å². The van der Waals surface area contributed by atoms with Gasteiger partial charge in [-0.2, -0.15) is 13.2 Å². The van der Waals surface area contributed by atoms with Crippen molar-refractivity contribution in [3.8, 4) is 11.5 Å². The minimum absolute atomic E-state index is 0.268. The van der Waals surface area contributed by atoms with E-state index < -0.39 is 11.7 Å². The molecular weight excluding hydrogens is 393 g/mol. The molecule has 5 nitrogen and oxygen atoms in total. The predicted molar refractivity (Wildman–Crippen MR) is 102 cm³/mol. The van der Waals surface area contributed by atoms with Crippen molar-refractivity contribution in [2.75, 3.05) is 31.8 Å². The van der Waals surface area contributed by atoms with Gasteiger partial charge in [-0.05, 0) is 36.4 Å². The second kappa shape index (κ2) is 8.22. The number of anilines is 1. The van der Waals surface area contributed by atoms with Gasteiger partial charge >= 0.3 is 12.2 Å². The summed E-state index contributed by atoms with van der Waals surface area (Å²) in [5, 5.41) is 2.39. The Hall–Kier alpha value is -2.55. The van der Waals surface area contributed by atoms with Crippen molar-refractivity contribution in [2.45, 2.75) is 11.6 Å². The molecule has 1 heterocycles. The summed E-state index contributed by atoms with van der Waals surface area (Å²) in [6, 6.07) is 9.38. The van der Waals surface area contributed by atoms with Crippen molar-refractivity contribution < 1.29 is 27.4 Å². The number of halogens is 3. The standard InChI is InChI=1S/C19H19F3N2O3S/c1-26-14-7-8-15(16(11-14)27-2)17-24(9-10-28-17)18(25)23-13-5-3-12(4-6-13)19(20,21)22/h3-8,11,17H,9-10H2,1-2H3,(H,23,25). The van der Waals surface area contributed by atoms with E-state index >= 15 is 0 Å². The summed E-state index contributed by atoms with van der Waals surface area (Å²) in [5.41, 5.74) is 0.367. The van der Waals surface area contributed by atoms with Gasteiger partial charge in [-0.3, -0.25) is 0 Å². The number of carbonyl (C=O) groups is 1. The number of nitrogens with one attached hydrogen (secondary N) is 1. The molecule has 0 bridgehead atoms. The molecule has 1 unspecified atom stereocenters. The Morgan fingerprint density at radius 3 is 2.46 bits per heavy atom. The Kier molecular flexibility index (Phi) is 5.93. The first-order valence-electron chi connectivity index (χ1n) is 8.42. The van der Waals surface area contributed by atoms with E-state index in [0.29, 0.717) is 23.7 Å². The van der Waals surface area contributed by atoms with Crippen molar-refractivity contribution in [3.63, 3.8) is 0 Å². The van der Waals surface area contributed by atoms with Gasteiger partial charge in [0.15, 0.2) is 0 Å². The van der Waals surface area contributed by atoms with Crippen molar-refractivity contribution >= 4 is 23.5 Å². The molecule has 0 radical (unpaired) electrons. The number of amides is 2. The van der Waals surface area contributed by atoms with E-state index in [0.717, 1.165) is 23.4 Å². The Balaban J connectivity index is 1.76. The molecule has 1 aliphatic rings. The summed E-state index contributed by atoms with van der Waals surface area (Å²) in [6.07, 6.45) is -4.41. The smallest absolute Gasteiger partial charge is 0.416 e. The first-order valence-corrected chi connectivity index (χ1v) is 9.47. The lowest BCUT2D eigenvalue weighted by Gasteiger charge is -2.26. The maximum absolute atomic E-state index is 12.7. The van der Waals surface area contributed by atoms with Crippen LogP contribution >= 0.6 is 11.8 Å². The van der Waals surface area contributed by atoms with Crippen LogP contribution in [0.3, 0.4) is 0 Å². The third kappa shape index (κ3) is 4.30. The summed E-state index contributed by atoms with van der Waals surface area (Å²) < 4.78 is 48.7. The molecule has 1 atom stereocenters. The summed E-state index contributed by atoms with van der Waals surface area (Å²) in [6.45, 7) is 0.511. The fourth-order valence-electron chi connectivity index (χ4n) is 2.90. The molecule has 0 spiro atoms. The van der Waals surface area contributed by atoms with Crippen LogP contribution < -0.4 is 14.8 Å². The van der Waals surface area contributed by atoms with Crippen molar-refractivity contribution in [2.24, 2.45) is 0 Å². The summed E-state index contributed by atoms with van der Waals surface area (Å²) in [5.74, 6) is 1.98. The number of alkyl halides is 3. The molecule has 150 valence electrons. The van der Waals surface area contributed by atoms with Crippen molar-refractivity contribution in [3.05, 3.63) is 53.6 Å². The SMILES string of the molecule is COc1ccc(C2SCCN2C(=O)Nc2ccc(C(F)(F)F)cc2)c(OC)c1. The van der Waals surface area contributed by atoms with Crippen LogP contribution in [0.15, 0.2) is 42.5 Å². The number of ether oxygens (including phenoxy) is 2. The second-order valence-corrected chi connectivity index (χ2v) is 7.22. The molecule has 2 aromatic carbocycles. The molecule has 3 rings (SSSR count). The number of thioether (sulfide) groups is 1. The number of carbonyl (C=O) groups excluding carboxylic acids is 1. The Morgan fingerprint density at radius 2 is 1.86 bits per heavy atom. The monoisotopic (exact) mass is 412 g/mol. The van der Waals surface area contributed by atoms with E-state index in [2.05, 4.69) is 5.32 Å². The van der Waals surface area contributed by atoms with Crippen LogP contribution in [-0.4, -0.2) is 37.4 Å². The highest BCUT2D eigenvalue weighted by Crippen LogP contribution is 2.43. The molecule has 0 aliphatic carbocycles. The Bertz CT molecular complexity index is 843. The number of rotatable bonds is 4. The Morgan fingerprint density at radius 1 is 1.14 bits per heavy atom. The molecule has 0 saturated carbocycles. The van der Waals surface area contributed by atoms with Gasteiger partial charge in [0.25, 0.3) is 0 Å². The molecule has 2 aromatic rings. The van der Waals surface area contributed by atoms with E-state index in [1.54, 1.807) is 43.0 Å². The minimum Gasteiger partial charge on any atom is -0.497 e. The summed E-state index contributed by atoms with van der Waals surface area (Å²) in [4.78, 5) is 14.3. The molecule has 1 fully saturated rings. The zero-order valence-electron chi connectivity index (χ0n) is 15.2. The topological polar surface area (TPSA) is 50.8 Å². The van der Waals surface area contributed by atoms with Crippen LogP contribution in [0.2, 0.25) is 0 Å². The predicted octanol–water partition coefficient (Wildman–Crippen LogP) is 5.00. The number of methoxy groups -OCH3 is 2. The van der Waals surface area contributed by atoms with E-state index in [1.807, 2.05) is 6.07 Å². The fraction of sp³-hybridized carbons (Fsp3) is 0.316. The molecule has 1 aliphatic heterocycles. The zero-order chi connectivity index (χ0) is 20.3. The molecule has 28 heavy (non-hydrogen) atoms. The van der Waals surface area contributed by atoms with Gasteiger partial charge in [-0.25, -0.2) is 4.79 Å². The number of urea groups is 1. The van der Waals surface area contributed by atoms with Crippen LogP contribution in [0.5, 0.6) is 11.5 Å². The normalized spacial score (nSPS) is 16.8. The molecule has 1 N–H and O–H groups in total. The van der Waals surface area contributed by atoms with Crippen LogP contribution in [0.1, 0.15) is 16.5 Å². The lowest BCUT2D eigenvalue weighted by atomic mass is 10.1. The fourth-order valence-corrected chi connectivity index (χ4v) is 4.18. The number of nitrogens with zero attached hydrogens (tertiary/aromatic N) is 1. The lowest BCUT2D eigenvalue weighted by Crippen LogP contribution is -2.34. The molecule has 2 amide bonds. The third-order valence-electron chi connectivity index (χ3n) is 4.32. The van der Waals surface area contributed by atoms with Crippen LogP contribution in [0, 0.1) is 0 Å². The lowest BCUT2D eigenvalue weighted by molar-refractivity contribution is -0.137. The van der Waals surface area contributed by atoms with E-state index in [9.17, 15) is 18.0 Å². The van der Waals surface area contributed by atoms with Crippen LogP contribution in [0.4, 0.5) is 23.7 Å². The van der Waals surface area contributed by atoms with Crippen molar-refractivity contribution in [1.82, 2.24) is 4.90 Å². The first kappa shape index (κ1) is 20.2. The largest absolute Gasteiger partial charge is 0.497 e. The second-order valence-electron chi connectivity index (χ2n) is 6.03. The molecule has 9 heteroatoms. The highest BCUT2D eigenvalue weighted by molar-refractivity contribution is 7.99. The van der Waals surface area contributed by atoms with E-state index in [-0.39, 0.29) is 11.4 Å². The van der Waals surface area contributed by atoms with Gasteiger partial charge in [0, 0.05) is 29.6 Å². The van der Waals surface area contributed by atoms with E-state index in [1.165, 1.54) is 12.1 Å². The van der Waals surface area contributed by atoms with Gasteiger partial charge in [0.2, 0.25) is 0 Å². The quantitative estimate of drug-likeness (QED) is 0.768. The average Bonchev–Trinajstić information content (AvgIpc) is 3.17. The maximum Gasteiger partial charge on any atom is 0.416 e. The number of hydrogen-bond acceptors (Lipinski definition) is 4. The first-order chi connectivity index (χ1) is 13.3. The van der Waals surface area contributed by atoms with Crippen LogP contribution in [0.25, 0.3) is 0 Å². The van der Waals surface area contributed by atoms with E-state index in [4.69, 9.17) is 9.47 Å². The van der Waals surface area contributed by atoms with Gasteiger partial charge in [0.05, 0.1) is 19.8 Å². The maximum atomic E-state index is 12.7. The molecular formula is C19H19F3N2O3S. The summed E-state index contributed by atoms with van der Waals surface area (Å²) >= 11 is 1.59. The number of benzene rings is 2. The van der Waals surface area contributed by atoms with Crippen molar-refractivity contribution in [1.29, 1.82) is 0 Å². The molecule has 1 saturated heterocycles. The van der Waals surface area contributed by atoms with Gasteiger partial charge in [-0.1, -0.05) is 0 Å². The third-order valence-corrected chi connectivity index (χ3v) is 5.56. The minimum atomic E-state index is -4.41. The summed E-state index contributed by atoms with van der Waals surface area (Å²) in [7, 11) is 3.10. The number of hydrogen-bond donors (Lipinski definition) is 1. The van der Waals surface area contributed by atoms with Gasteiger partial charge in [-0.15, -0.1) is 11.8 Å².